The number of nitrogens with one attached hydrogen (secondary N) is 1. The van der Waals surface area contributed by atoms with Gasteiger partial charge >= 0.3 is 0 Å². The van der Waals surface area contributed by atoms with E-state index in [1.165, 1.54) is 11.3 Å². The molecule has 124 valence electrons. The van der Waals surface area contributed by atoms with Crippen LogP contribution in [0, 0.1) is 5.92 Å². The molecule has 6 heteroatoms. The van der Waals surface area contributed by atoms with E-state index in [1.807, 2.05) is 0 Å². The smallest absolute Gasteiger partial charge is 0.220 e. The zero-order chi connectivity index (χ0) is 16.8. The van der Waals surface area contributed by atoms with Crippen LogP contribution in [-0.2, 0) is 4.79 Å². The maximum absolute atomic E-state index is 11.9. The predicted molar refractivity (Wildman–Crippen MR) is 90.6 cm³/mol. The maximum atomic E-state index is 11.9. The fraction of sp³-hybridized carbons (Fsp3) is 0.625. The van der Waals surface area contributed by atoms with Crippen molar-refractivity contribution in [1.29, 1.82) is 0 Å². The van der Waals surface area contributed by atoms with Gasteiger partial charge in [0.05, 0.1) is 14.8 Å². The highest BCUT2D eigenvalue weighted by Crippen LogP contribution is 2.23. The van der Waals surface area contributed by atoms with E-state index in [0.717, 1.165) is 6.42 Å². The second-order valence-electron chi connectivity index (χ2n) is 6.23. The minimum absolute atomic E-state index is 0.0846. The maximum Gasteiger partial charge on any atom is 0.220 e. The van der Waals surface area contributed by atoms with Crippen molar-refractivity contribution in [3.63, 3.8) is 0 Å². The number of halogens is 1. The number of hydrogen-bond acceptors (Lipinski definition) is 4. The predicted octanol–water partition coefficient (Wildman–Crippen LogP) is 3.67. The van der Waals surface area contributed by atoms with Crippen molar-refractivity contribution in [3.05, 3.63) is 21.3 Å². The third-order valence-corrected chi connectivity index (χ3v) is 4.63. The topological polar surface area (TPSA) is 66.4 Å². The zero-order valence-electron chi connectivity index (χ0n) is 13.3. The molecule has 22 heavy (non-hydrogen) atoms. The molecule has 0 aliphatic rings. The van der Waals surface area contributed by atoms with Gasteiger partial charge in [-0.3, -0.25) is 9.59 Å². The molecule has 4 nitrogen and oxygen atoms in total. The van der Waals surface area contributed by atoms with Crippen LogP contribution in [0.5, 0.6) is 0 Å². The quantitative estimate of drug-likeness (QED) is 0.671. The monoisotopic (exact) mass is 345 g/mol. The summed E-state index contributed by atoms with van der Waals surface area (Å²) in [6.07, 6.45) is 1.81. The standard InChI is InChI=1S/C16H24ClNO3S/c1-11(2)8-9-16(3,21)10-18-15(20)7-4-12(19)13-5-6-14(17)22-13/h5-6,11,21H,4,7-10H2,1-3H3,(H,18,20). The molecule has 0 aliphatic carbocycles. The van der Waals surface area contributed by atoms with Gasteiger partial charge in [0.25, 0.3) is 0 Å². The molecule has 0 saturated carbocycles. The molecule has 0 bridgehead atoms. The third-order valence-electron chi connectivity index (χ3n) is 3.35. The van der Waals surface area contributed by atoms with Crippen LogP contribution in [0.1, 0.15) is 56.1 Å². The fourth-order valence-corrected chi connectivity index (χ4v) is 2.89. The van der Waals surface area contributed by atoms with Crippen LogP contribution in [0.15, 0.2) is 12.1 Å². The molecular weight excluding hydrogens is 322 g/mol. The van der Waals surface area contributed by atoms with Crippen molar-refractivity contribution < 1.29 is 14.7 Å². The first-order chi connectivity index (χ1) is 10.2. The first kappa shape index (κ1) is 19.1. The molecule has 0 saturated heterocycles. The molecule has 0 aromatic carbocycles. The van der Waals surface area contributed by atoms with Gasteiger partial charge in [0.1, 0.15) is 0 Å². The molecule has 0 spiro atoms. The van der Waals surface area contributed by atoms with Crippen LogP contribution in [0.2, 0.25) is 4.34 Å². The number of rotatable bonds is 9. The van der Waals surface area contributed by atoms with Gasteiger partial charge in [-0.25, -0.2) is 0 Å². The number of carbonyl (C=O) groups is 2. The van der Waals surface area contributed by atoms with Crippen LogP contribution >= 0.6 is 22.9 Å². The average molecular weight is 346 g/mol. The largest absolute Gasteiger partial charge is 0.388 e. The van der Waals surface area contributed by atoms with Crippen molar-refractivity contribution in [2.75, 3.05) is 6.54 Å². The molecule has 1 atom stereocenters. The van der Waals surface area contributed by atoms with Crippen molar-refractivity contribution in [3.8, 4) is 0 Å². The van der Waals surface area contributed by atoms with E-state index in [4.69, 9.17) is 11.6 Å². The molecular formula is C16H24ClNO3S. The Bertz CT molecular complexity index is 511. The number of thiophene rings is 1. The summed E-state index contributed by atoms with van der Waals surface area (Å²) in [6.45, 7) is 6.11. The Balaban J connectivity index is 2.30. The first-order valence-electron chi connectivity index (χ1n) is 7.47. The first-order valence-corrected chi connectivity index (χ1v) is 8.66. The highest BCUT2D eigenvalue weighted by Gasteiger charge is 2.21. The Morgan fingerprint density at radius 3 is 2.59 bits per heavy atom. The Kier molecular flexibility index (Phi) is 7.53. The second-order valence-corrected chi connectivity index (χ2v) is 7.95. The zero-order valence-corrected chi connectivity index (χ0v) is 14.9. The van der Waals surface area contributed by atoms with Crippen LogP contribution in [-0.4, -0.2) is 28.9 Å². The van der Waals surface area contributed by atoms with Crippen LogP contribution in [0.25, 0.3) is 0 Å². The second kappa shape index (κ2) is 8.65. The Morgan fingerprint density at radius 1 is 1.36 bits per heavy atom. The van der Waals surface area contributed by atoms with E-state index >= 15 is 0 Å². The van der Waals surface area contributed by atoms with Crippen LogP contribution < -0.4 is 5.32 Å². The summed E-state index contributed by atoms with van der Waals surface area (Å²) in [5.41, 5.74) is -0.911. The summed E-state index contributed by atoms with van der Waals surface area (Å²) in [5.74, 6) is 0.205. The Morgan fingerprint density at radius 2 is 2.05 bits per heavy atom. The normalized spacial score (nSPS) is 13.9. The van der Waals surface area contributed by atoms with Crippen molar-refractivity contribution in [2.24, 2.45) is 5.92 Å². The number of aliphatic hydroxyl groups is 1. The molecule has 1 aromatic heterocycles. The number of Topliss-reactive ketones (excluding diaryl/α,β-unsaturated/α-hetero) is 1. The molecule has 1 amide bonds. The van der Waals surface area contributed by atoms with E-state index in [1.54, 1.807) is 19.1 Å². The van der Waals surface area contributed by atoms with Gasteiger partial charge in [-0.15, -0.1) is 11.3 Å². The summed E-state index contributed by atoms with van der Waals surface area (Å²) in [7, 11) is 0. The lowest BCUT2D eigenvalue weighted by molar-refractivity contribution is -0.122. The molecule has 2 N–H and O–H groups in total. The number of hydrogen-bond donors (Lipinski definition) is 2. The van der Waals surface area contributed by atoms with Crippen LogP contribution in [0.4, 0.5) is 0 Å². The van der Waals surface area contributed by atoms with Gasteiger partial charge in [-0.2, -0.15) is 0 Å². The lowest BCUT2D eigenvalue weighted by Crippen LogP contribution is -2.40. The van der Waals surface area contributed by atoms with Crippen molar-refractivity contribution in [1.82, 2.24) is 5.32 Å². The number of amides is 1. The molecule has 1 rings (SSSR count). The summed E-state index contributed by atoms with van der Waals surface area (Å²) in [4.78, 5) is 24.2. The van der Waals surface area contributed by atoms with Gasteiger partial charge in [0, 0.05) is 19.4 Å². The van der Waals surface area contributed by atoms with E-state index in [-0.39, 0.29) is 31.1 Å². The average Bonchev–Trinajstić information content (AvgIpc) is 2.87. The van der Waals surface area contributed by atoms with E-state index in [0.29, 0.717) is 21.6 Å². The molecule has 0 fully saturated rings. The summed E-state index contributed by atoms with van der Waals surface area (Å²) in [6, 6.07) is 3.34. The van der Waals surface area contributed by atoms with Crippen molar-refractivity contribution in [2.45, 2.75) is 52.1 Å². The summed E-state index contributed by atoms with van der Waals surface area (Å²) >= 11 is 7.00. The van der Waals surface area contributed by atoms with E-state index < -0.39 is 5.60 Å². The van der Waals surface area contributed by atoms with Crippen LogP contribution in [0.3, 0.4) is 0 Å². The van der Waals surface area contributed by atoms with E-state index in [9.17, 15) is 14.7 Å². The molecule has 0 aliphatic heterocycles. The highest BCUT2D eigenvalue weighted by atomic mass is 35.5. The minimum atomic E-state index is -0.911. The van der Waals surface area contributed by atoms with Gasteiger partial charge in [-0.05, 0) is 37.8 Å². The van der Waals surface area contributed by atoms with Crippen molar-refractivity contribution >= 4 is 34.6 Å². The van der Waals surface area contributed by atoms with E-state index in [2.05, 4.69) is 19.2 Å². The van der Waals surface area contributed by atoms with Gasteiger partial charge in [-0.1, -0.05) is 25.4 Å². The third kappa shape index (κ3) is 7.38. The Hall–Kier alpha value is -0.910. The SMILES string of the molecule is CC(C)CCC(C)(O)CNC(=O)CCC(=O)c1ccc(Cl)s1. The lowest BCUT2D eigenvalue weighted by Gasteiger charge is -2.24. The summed E-state index contributed by atoms with van der Waals surface area (Å²) in [5, 5.41) is 12.9. The van der Waals surface area contributed by atoms with Gasteiger partial charge in [0.2, 0.25) is 5.91 Å². The number of carbonyl (C=O) groups excluding carboxylic acids is 2. The highest BCUT2D eigenvalue weighted by molar-refractivity contribution is 7.18. The fourth-order valence-electron chi connectivity index (χ4n) is 1.88. The molecule has 1 heterocycles. The van der Waals surface area contributed by atoms with Gasteiger partial charge in [0.15, 0.2) is 5.78 Å². The Labute approximate surface area is 140 Å². The molecule has 1 aromatic rings. The summed E-state index contributed by atoms with van der Waals surface area (Å²) < 4.78 is 0.564. The lowest BCUT2D eigenvalue weighted by atomic mass is 9.95. The molecule has 0 radical (unpaired) electrons. The van der Waals surface area contributed by atoms with Gasteiger partial charge < -0.3 is 10.4 Å². The number of ketones is 1. The molecule has 1 unspecified atom stereocenters. The minimum Gasteiger partial charge on any atom is -0.388 e.